The standard InChI is InChI=1S/C12H19N3/c1-15(2)11-7-5-10(6-8-11)12(14-13)9-3-4-9/h5-9,12,14H,3-4,13H2,1-2H3. The summed E-state index contributed by atoms with van der Waals surface area (Å²) in [6, 6.07) is 8.95. The molecule has 1 unspecified atom stereocenters. The maximum atomic E-state index is 5.58. The van der Waals surface area contributed by atoms with Crippen molar-refractivity contribution in [2.45, 2.75) is 18.9 Å². The zero-order valence-electron chi connectivity index (χ0n) is 9.40. The van der Waals surface area contributed by atoms with Gasteiger partial charge in [0, 0.05) is 25.8 Å². The maximum Gasteiger partial charge on any atom is 0.0488 e. The van der Waals surface area contributed by atoms with Gasteiger partial charge < -0.3 is 4.90 Å². The Morgan fingerprint density at radius 2 is 1.87 bits per heavy atom. The Labute approximate surface area is 91.2 Å². The Kier molecular flexibility index (Phi) is 2.93. The Bertz CT molecular complexity index is 314. The van der Waals surface area contributed by atoms with Gasteiger partial charge in [-0.1, -0.05) is 12.1 Å². The van der Waals surface area contributed by atoms with Crippen LogP contribution in [0.4, 0.5) is 5.69 Å². The van der Waals surface area contributed by atoms with Crippen molar-refractivity contribution in [1.29, 1.82) is 0 Å². The third kappa shape index (κ3) is 2.30. The van der Waals surface area contributed by atoms with Crippen LogP contribution in [0.5, 0.6) is 0 Å². The maximum absolute atomic E-state index is 5.58. The van der Waals surface area contributed by atoms with Crippen molar-refractivity contribution in [1.82, 2.24) is 5.43 Å². The minimum atomic E-state index is 0.334. The van der Waals surface area contributed by atoms with E-state index >= 15 is 0 Å². The van der Waals surface area contributed by atoms with Gasteiger partial charge in [-0.25, -0.2) is 0 Å². The molecule has 0 amide bonds. The zero-order chi connectivity index (χ0) is 10.8. The Morgan fingerprint density at radius 1 is 1.27 bits per heavy atom. The second-order valence-corrected chi connectivity index (χ2v) is 4.47. The summed E-state index contributed by atoms with van der Waals surface area (Å²) >= 11 is 0. The van der Waals surface area contributed by atoms with E-state index in [0.717, 1.165) is 5.92 Å². The van der Waals surface area contributed by atoms with E-state index in [1.807, 2.05) is 0 Å². The normalized spacial score (nSPS) is 17.5. The molecule has 82 valence electrons. The Balaban J connectivity index is 2.14. The van der Waals surface area contributed by atoms with E-state index in [1.54, 1.807) is 0 Å². The number of nitrogens with two attached hydrogens (primary N) is 1. The van der Waals surface area contributed by atoms with E-state index in [-0.39, 0.29) is 0 Å². The van der Waals surface area contributed by atoms with Crippen molar-refractivity contribution in [3.05, 3.63) is 29.8 Å². The van der Waals surface area contributed by atoms with Crippen molar-refractivity contribution >= 4 is 5.69 Å². The molecule has 0 aliphatic heterocycles. The van der Waals surface area contributed by atoms with Crippen LogP contribution in [0.25, 0.3) is 0 Å². The summed E-state index contributed by atoms with van der Waals surface area (Å²) in [5, 5.41) is 0. The highest BCUT2D eigenvalue weighted by Crippen LogP contribution is 2.40. The van der Waals surface area contributed by atoms with E-state index in [9.17, 15) is 0 Å². The summed E-state index contributed by atoms with van der Waals surface area (Å²) in [7, 11) is 4.10. The van der Waals surface area contributed by atoms with Gasteiger partial charge in [-0.05, 0) is 36.5 Å². The van der Waals surface area contributed by atoms with E-state index < -0.39 is 0 Å². The van der Waals surface area contributed by atoms with Crippen molar-refractivity contribution in [2.75, 3.05) is 19.0 Å². The molecule has 3 N–H and O–H groups in total. The van der Waals surface area contributed by atoms with Gasteiger partial charge >= 0.3 is 0 Å². The van der Waals surface area contributed by atoms with Gasteiger partial charge in [0.05, 0.1) is 0 Å². The molecule has 1 aromatic rings. The topological polar surface area (TPSA) is 41.3 Å². The summed E-state index contributed by atoms with van der Waals surface area (Å²) in [6.07, 6.45) is 2.59. The van der Waals surface area contributed by atoms with Crippen LogP contribution >= 0.6 is 0 Å². The number of nitrogens with zero attached hydrogens (tertiary/aromatic N) is 1. The van der Waals surface area contributed by atoms with Crippen LogP contribution in [-0.4, -0.2) is 14.1 Å². The van der Waals surface area contributed by atoms with E-state index in [1.165, 1.54) is 24.1 Å². The van der Waals surface area contributed by atoms with Gasteiger partial charge in [-0.2, -0.15) is 0 Å². The summed E-state index contributed by atoms with van der Waals surface area (Å²) in [5.74, 6) is 6.32. The lowest BCUT2D eigenvalue weighted by molar-refractivity contribution is 0.497. The first kappa shape index (κ1) is 10.5. The molecular weight excluding hydrogens is 186 g/mol. The van der Waals surface area contributed by atoms with Crippen LogP contribution in [0, 0.1) is 5.92 Å². The molecule has 3 heteroatoms. The van der Waals surface area contributed by atoms with E-state index in [4.69, 9.17) is 5.84 Å². The number of anilines is 1. The van der Waals surface area contributed by atoms with Crippen molar-refractivity contribution in [3.63, 3.8) is 0 Å². The highest BCUT2D eigenvalue weighted by Gasteiger charge is 2.31. The van der Waals surface area contributed by atoms with Crippen LogP contribution in [0.1, 0.15) is 24.4 Å². The fraction of sp³-hybridized carbons (Fsp3) is 0.500. The second-order valence-electron chi connectivity index (χ2n) is 4.47. The first-order valence-electron chi connectivity index (χ1n) is 5.46. The number of nitrogens with one attached hydrogen (secondary N) is 1. The first-order chi connectivity index (χ1) is 7.22. The molecule has 1 fully saturated rings. The van der Waals surface area contributed by atoms with Gasteiger partial charge in [0.25, 0.3) is 0 Å². The van der Waals surface area contributed by atoms with Crippen LogP contribution in [0.3, 0.4) is 0 Å². The summed E-state index contributed by atoms with van der Waals surface area (Å²) in [6.45, 7) is 0. The molecule has 0 spiro atoms. The predicted octanol–water partition coefficient (Wildman–Crippen LogP) is 1.67. The minimum absolute atomic E-state index is 0.334. The quantitative estimate of drug-likeness (QED) is 0.580. The fourth-order valence-corrected chi connectivity index (χ4v) is 1.91. The molecule has 1 atom stereocenters. The van der Waals surface area contributed by atoms with Gasteiger partial charge in [0.15, 0.2) is 0 Å². The number of hydrogen-bond donors (Lipinski definition) is 2. The highest BCUT2D eigenvalue weighted by atomic mass is 15.2. The molecule has 15 heavy (non-hydrogen) atoms. The van der Waals surface area contributed by atoms with Crippen molar-refractivity contribution in [2.24, 2.45) is 11.8 Å². The Hall–Kier alpha value is -1.06. The number of hydrazine groups is 1. The molecule has 3 nitrogen and oxygen atoms in total. The van der Waals surface area contributed by atoms with Crippen LogP contribution < -0.4 is 16.2 Å². The lowest BCUT2D eigenvalue weighted by Crippen LogP contribution is -2.29. The third-order valence-electron chi connectivity index (χ3n) is 3.04. The molecule has 1 saturated carbocycles. The van der Waals surface area contributed by atoms with E-state index in [2.05, 4.69) is 48.7 Å². The molecule has 1 aliphatic rings. The molecular formula is C12H19N3. The largest absolute Gasteiger partial charge is 0.378 e. The molecule has 0 radical (unpaired) electrons. The number of benzene rings is 1. The second kappa shape index (κ2) is 4.21. The van der Waals surface area contributed by atoms with Gasteiger partial charge in [0.1, 0.15) is 0 Å². The van der Waals surface area contributed by atoms with Gasteiger partial charge in [-0.15, -0.1) is 0 Å². The molecule has 0 saturated heterocycles. The number of hydrogen-bond acceptors (Lipinski definition) is 3. The van der Waals surface area contributed by atoms with Crippen LogP contribution in [0.15, 0.2) is 24.3 Å². The van der Waals surface area contributed by atoms with Crippen LogP contribution in [0.2, 0.25) is 0 Å². The molecule has 0 bridgehead atoms. The average Bonchev–Trinajstić information content (AvgIpc) is 3.04. The van der Waals surface area contributed by atoms with Gasteiger partial charge in [0.2, 0.25) is 0 Å². The smallest absolute Gasteiger partial charge is 0.0488 e. The molecule has 2 rings (SSSR count). The predicted molar refractivity (Wildman–Crippen MR) is 63.6 cm³/mol. The minimum Gasteiger partial charge on any atom is -0.378 e. The SMILES string of the molecule is CN(C)c1ccc(C(NN)C2CC2)cc1. The number of rotatable bonds is 4. The molecule has 1 aromatic carbocycles. The fourth-order valence-electron chi connectivity index (χ4n) is 1.91. The summed E-state index contributed by atoms with van der Waals surface area (Å²) in [5.41, 5.74) is 5.44. The van der Waals surface area contributed by atoms with Crippen LogP contribution in [-0.2, 0) is 0 Å². The van der Waals surface area contributed by atoms with Crippen molar-refractivity contribution < 1.29 is 0 Å². The monoisotopic (exact) mass is 205 g/mol. The van der Waals surface area contributed by atoms with E-state index in [0.29, 0.717) is 6.04 Å². The average molecular weight is 205 g/mol. The third-order valence-corrected chi connectivity index (χ3v) is 3.04. The van der Waals surface area contributed by atoms with Gasteiger partial charge in [-0.3, -0.25) is 11.3 Å². The molecule has 1 aliphatic carbocycles. The zero-order valence-corrected chi connectivity index (χ0v) is 9.40. The molecule has 0 aromatic heterocycles. The highest BCUT2D eigenvalue weighted by molar-refractivity contribution is 5.46. The Morgan fingerprint density at radius 3 is 2.27 bits per heavy atom. The summed E-state index contributed by atoms with van der Waals surface area (Å²) in [4.78, 5) is 2.10. The summed E-state index contributed by atoms with van der Waals surface area (Å²) < 4.78 is 0. The van der Waals surface area contributed by atoms with Crippen molar-refractivity contribution in [3.8, 4) is 0 Å². The lowest BCUT2D eigenvalue weighted by atomic mass is 10.0. The lowest BCUT2D eigenvalue weighted by Gasteiger charge is -2.17. The first-order valence-corrected chi connectivity index (χ1v) is 5.46. The molecule has 0 heterocycles.